The number of nitrogens with zero attached hydrogens (tertiary/aromatic N) is 1. The van der Waals surface area contributed by atoms with Crippen molar-refractivity contribution < 1.29 is 8.42 Å². The van der Waals surface area contributed by atoms with Crippen molar-refractivity contribution in [1.29, 1.82) is 5.26 Å². The van der Waals surface area contributed by atoms with Gasteiger partial charge >= 0.3 is 0 Å². The average molecular weight is 293 g/mol. The first kappa shape index (κ1) is 15.0. The van der Waals surface area contributed by atoms with Crippen LogP contribution in [0.2, 0.25) is 0 Å². The second-order valence-electron chi connectivity index (χ2n) is 5.10. The van der Waals surface area contributed by atoms with Gasteiger partial charge in [-0.15, -0.1) is 0 Å². The Morgan fingerprint density at radius 1 is 1.20 bits per heavy atom. The van der Waals surface area contributed by atoms with Crippen LogP contribution in [-0.2, 0) is 10.0 Å². The quantitative estimate of drug-likeness (QED) is 0.878. The number of hydrogen-bond donors (Lipinski definition) is 2. The lowest BCUT2D eigenvalue weighted by atomic mass is 9.92. The molecule has 2 rings (SSSR count). The van der Waals surface area contributed by atoms with E-state index in [-0.39, 0.29) is 10.9 Å². The molecule has 20 heavy (non-hydrogen) atoms. The van der Waals surface area contributed by atoms with E-state index in [0.717, 1.165) is 25.7 Å². The molecular formula is C14H19N3O2S. The SMILES string of the molecule is CNC1CCC(NS(=O)(=O)c2cccc(C#N)c2)CC1. The summed E-state index contributed by atoms with van der Waals surface area (Å²) in [5, 5.41) is 12.1. The van der Waals surface area contributed by atoms with E-state index in [9.17, 15) is 8.42 Å². The number of nitrogens with one attached hydrogen (secondary N) is 2. The lowest BCUT2D eigenvalue weighted by Gasteiger charge is -2.28. The zero-order valence-corrected chi connectivity index (χ0v) is 12.3. The summed E-state index contributed by atoms with van der Waals surface area (Å²) in [6, 6.07) is 8.53. The van der Waals surface area contributed by atoms with E-state index in [0.29, 0.717) is 11.6 Å². The molecule has 1 aliphatic carbocycles. The van der Waals surface area contributed by atoms with Gasteiger partial charge in [0.25, 0.3) is 0 Å². The van der Waals surface area contributed by atoms with Gasteiger partial charge in [0.15, 0.2) is 0 Å². The van der Waals surface area contributed by atoms with E-state index in [1.165, 1.54) is 12.1 Å². The Morgan fingerprint density at radius 2 is 1.85 bits per heavy atom. The summed E-state index contributed by atoms with van der Waals surface area (Å²) in [6.07, 6.45) is 3.62. The van der Waals surface area contributed by atoms with E-state index in [2.05, 4.69) is 10.0 Å². The van der Waals surface area contributed by atoms with E-state index in [1.807, 2.05) is 13.1 Å². The van der Waals surface area contributed by atoms with Crippen LogP contribution >= 0.6 is 0 Å². The molecule has 1 fully saturated rings. The fourth-order valence-corrected chi connectivity index (χ4v) is 3.87. The zero-order valence-electron chi connectivity index (χ0n) is 11.5. The molecule has 0 aliphatic heterocycles. The van der Waals surface area contributed by atoms with Crippen LogP contribution in [0.1, 0.15) is 31.2 Å². The van der Waals surface area contributed by atoms with Gasteiger partial charge in [0.1, 0.15) is 0 Å². The van der Waals surface area contributed by atoms with Gasteiger partial charge in [-0.1, -0.05) is 6.07 Å². The van der Waals surface area contributed by atoms with Crippen molar-refractivity contribution in [2.45, 2.75) is 42.7 Å². The molecule has 0 saturated heterocycles. The molecule has 6 heteroatoms. The molecule has 0 heterocycles. The second kappa shape index (κ2) is 6.35. The third-order valence-corrected chi connectivity index (χ3v) is 5.25. The molecule has 1 aromatic carbocycles. The molecule has 0 aromatic heterocycles. The maximum atomic E-state index is 12.3. The molecule has 0 amide bonds. The summed E-state index contributed by atoms with van der Waals surface area (Å²) in [5.41, 5.74) is 0.353. The maximum absolute atomic E-state index is 12.3. The highest BCUT2D eigenvalue weighted by molar-refractivity contribution is 7.89. The van der Waals surface area contributed by atoms with E-state index in [4.69, 9.17) is 5.26 Å². The minimum Gasteiger partial charge on any atom is -0.317 e. The van der Waals surface area contributed by atoms with Crippen LogP contribution in [0.4, 0.5) is 0 Å². The third-order valence-electron chi connectivity index (χ3n) is 3.73. The van der Waals surface area contributed by atoms with Crippen molar-refractivity contribution in [2.24, 2.45) is 0 Å². The third kappa shape index (κ3) is 3.57. The van der Waals surface area contributed by atoms with Gasteiger partial charge in [-0.05, 0) is 50.9 Å². The fraction of sp³-hybridized carbons (Fsp3) is 0.500. The lowest BCUT2D eigenvalue weighted by molar-refractivity contribution is 0.343. The van der Waals surface area contributed by atoms with Gasteiger partial charge < -0.3 is 5.32 Å². The van der Waals surface area contributed by atoms with Crippen molar-refractivity contribution in [2.75, 3.05) is 7.05 Å². The Labute approximate surface area is 120 Å². The predicted octanol–water partition coefficient (Wildman–Crippen LogP) is 1.37. The molecule has 1 aliphatic rings. The number of nitriles is 1. The molecule has 0 atom stereocenters. The molecular weight excluding hydrogens is 274 g/mol. The minimum absolute atomic E-state index is 0.0182. The highest BCUT2D eigenvalue weighted by Crippen LogP contribution is 2.20. The van der Waals surface area contributed by atoms with Crippen LogP contribution in [0.25, 0.3) is 0 Å². The summed E-state index contributed by atoms with van der Waals surface area (Å²) < 4.78 is 27.3. The summed E-state index contributed by atoms with van der Waals surface area (Å²) in [6.45, 7) is 0. The maximum Gasteiger partial charge on any atom is 0.240 e. The standard InChI is InChI=1S/C14H19N3O2S/c1-16-12-5-7-13(8-6-12)17-20(18,19)14-4-2-3-11(9-14)10-15/h2-4,9,12-13,16-17H,5-8H2,1H3. The van der Waals surface area contributed by atoms with Gasteiger partial charge in [-0.25, -0.2) is 13.1 Å². The first-order valence-electron chi connectivity index (χ1n) is 6.75. The monoisotopic (exact) mass is 293 g/mol. The van der Waals surface area contributed by atoms with E-state index in [1.54, 1.807) is 12.1 Å². The minimum atomic E-state index is -3.54. The van der Waals surface area contributed by atoms with E-state index < -0.39 is 10.0 Å². The summed E-state index contributed by atoms with van der Waals surface area (Å²) in [7, 11) is -1.61. The van der Waals surface area contributed by atoms with Crippen molar-refractivity contribution in [3.05, 3.63) is 29.8 Å². The summed E-state index contributed by atoms with van der Waals surface area (Å²) in [5.74, 6) is 0. The Hall–Kier alpha value is -1.42. The lowest BCUT2D eigenvalue weighted by Crippen LogP contribution is -2.41. The van der Waals surface area contributed by atoms with Gasteiger partial charge in [0.2, 0.25) is 10.0 Å². The molecule has 0 unspecified atom stereocenters. The highest BCUT2D eigenvalue weighted by atomic mass is 32.2. The Kier molecular flexibility index (Phi) is 4.76. The Balaban J connectivity index is 2.06. The van der Waals surface area contributed by atoms with Crippen LogP contribution < -0.4 is 10.0 Å². The Morgan fingerprint density at radius 3 is 2.45 bits per heavy atom. The molecule has 0 spiro atoms. The van der Waals surface area contributed by atoms with Crippen LogP contribution in [-0.4, -0.2) is 27.5 Å². The van der Waals surface area contributed by atoms with Crippen molar-refractivity contribution in [3.63, 3.8) is 0 Å². The van der Waals surface area contributed by atoms with Gasteiger partial charge in [0, 0.05) is 12.1 Å². The fourth-order valence-electron chi connectivity index (χ4n) is 2.52. The average Bonchev–Trinajstić information content (AvgIpc) is 2.48. The van der Waals surface area contributed by atoms with Crippen molar-refractivity contribution >= 4 is 10.0 Å². The molecule has 0 radical (unpaired) electrons. The van der Waals surface area contributed by atoms with Crippen molar-refractivity contribution in [3.8, 4) is 6.07 Å². The van der Waals surface area contributed by atoms with Crippen LogP contribution in [0.5, 0.6) is 0 Å². The smallest absolute Gasteiger partial charge is 0.240 e. The number of sulfonamides is 1. The first-order valence-corrected chi connectivity index (χ1v) is 8.23. The number of rotatable bonds is 4. The first-order chi connectivity index (χ1) is 9.55. The normalized spacial score (nSPS) is 23.2. The zero-order chi connectivity index (χ0) is 14.6. The number of hydrogen-bond acceptors (Lipinski definition) is 4. The topological polar surface area (TPSA) is 82.0 Å². The number of benzene rings is 1. The second-order valence-corrected chi connectivity index (χ2v) is 6.81. The largest absolute Gasteiger partial charge is 0.317 e. The molecule has 1 saturated carbocycles. The molecule has 5 nitrogen and oxygen atoms in total. The molecule has 1 aromatic rings. The van der Waals surface area contributed by atoms with Gasteiger partial charge in [0.05, 0.1) is 16.5 Å². The van der Waals surface area contributed by atoms with Gasteiger partial charge in [-0.2, -0.15) is 5.26 Å². The summed E-state index contributed by atoms with van der Waals surface area (Å²) in [4.78, 5) is 0.160. The van der Waals surface area contributed by atoms with E-state index >= 15 is 0 Å². The summed E-state index contributed by atoms with van der Waals surface area (Å²) >= 11 is 0. The Bertz CT molecular complexity index is 599. The van der Waals surface area contributed by atoms with Crippen LogP contribution in [0, 0.1) is 11.3 Å². The van der Waals surface area contributed by atoms with Gasteiger partial charge in [-0.3, -0.25) is 0 Å². The van der Waals surface area contributed by atoms with Crippen molar-refractivity contribution in [1.82, 2.24) is 10.0 Å². The highest BCUT2D eigenvalue weighted by Gasteiger charge is 2.25. The van der Waals surface area contributed by atoms with Crippen LogP contribution in [0.3, 0.4) is 0 Å². The predicted molar refractivity (Wildman–Crippen MR) is 76.6 cm³/mol. The van der Waals surface area contributed by atoms with Crippen LogP contribution in [0.15, 0.2) is 29.2 Å². The molecule has 0 bridgehead atoms. The molecule has 108 valence electrons. The molecule has 2 N–H and O–H groups in total.